The predicted molar refractivity (Wildman–Crippen MR) is 91.2 cm³/mol. The second-order valence-corrected chi connectivity index (χ2v) is 5.77. The Hall–Kier alpha value is -3.00. The van der Waals surface area contributed by atoms with Crippen LogP contribution >= 0.6 is 0 Å². The van der Waals surface area contributed by atoms with Crippen LogP contribution in [0.15, 0.2) is 48.5 Å². The highest BCUT2D eigenvalue weighted by Gasteiger charge is 2.32. The fraction of sp³-hybridized carbons (Fsp3) is 0.300. The van der Waals surface area contributed by atoms with E-state index in [4.69, 9.17) is 14.2 Å². The number of benzene rings is 2. The van der Waals surface area contributed by atoms with Gasteiger partial charge in [-0.05, 0) is 36.6 Å². The normalized spacial score (nSPS) is 14.4. The summed E-state index contributed by atoms with van der Waals surface area (Å²) in [5.41, 5.74) is 1.91. The van der Waals surface area contributed by atoms with Gasteiger partial charge in [0, 0.05) is 5.92 Å². The molecule has 5 heteroatoms. The van der Waals surface area contributed by atoms with Crippen molar-refractivity contribution in [3.63, 3.8) is 0 Å². The zero-order valence-corrected chi connectivity index (χ0v) is 14.0. The van der Waals surface area contributed by atoms with Crippen LogP contribution in [0.2, 0.25) is 0 Å². The van der Waals surface area contributed by atoms with Gasteiger partial charge in [-0.25, -0.2) is 0 Å². The molecule has 5 nitrogen and oxygen atoms in total. The van der Waals surface area contributed by atoms with Crippen LogP contribution in [0, 0.1) is 17.2 Å². The number of ether oxygens (including phenoxy) is 3. The van der Waals surface area contributed by atoms with E-state index in [9.17, 15) is 10.1 Å². The van der Waals surface area contributed by atoms with Gasteiger partial charge in [0.25, 0.3) is 0 Å². The summed E-state index contributed by atoms with van der Waals surface area (Å²) in [5, 5.41) is 9.62. The first kappa shape index (κ1) is 16.8. The Labute approximate surface area is 146 Å². The average Bonchev–Trinajstić information content (AvgIpc) is 3.10. The zero-order chi connectivity index (χ0) is 17.6. The molecule has 2 aromatic rings. The maximum Gasteiger partial charge on any atom is 0.323 e. The van der Waals surface area contributed by atoms with Crippen LogP contribution in [0.1, 0.15) is 24.0 Å². The topological polar surface area (TPSA) is 68.6 Å². The van der Waals surface area contributed by atoms with Gasteiger partial charge in [0.15, 0.2) is 17.4 Å². The number of nitrogens with zero attached hydrogens (tertiary/aromatic N) is 1. The lowest BCUT2D eigenvalue weighted by molar-refractivity contribution is -0.146. The minimum atomic E-state index is -0.888. The first-order chi connectivity index (χ1) is 12.2. The van der Waals surface area contributed by atoms with E-state index in [2.05, 4.69) is 6.07 Å². The smallest absolute Gasteiger partial charge is 0.323 e. The van der Waals surface area contributed by atoms with Crippen molar-refractivity contribution in [3.05, 3.63) is 59.7 Å². The van der Waals surface area contributed by atoms with Crippen molar-refractivity contribution in [1.29, 1.82) is 5.26 Å². The quantitative estimate of drug-likeness (QED) is 0.755. The van der Waals surface area contributed by atoms with Gasteiger partial charge in [0.2, 0.25) is 6.79 Å². The van der Waals surface area contributed by atoms with E-state index in [0.717, 1.165) is 11.1 Å². The minimum Gasteiger partial charge on any atom is -0.465 e. The van der Waals surface area contributed by atoms with Gasteiger partial charge < -0.3 is 14.2 Å². The number of carbonyl (C=O) groups excluding carboxylic acids is 1. The van der Waals surface area contributed by atoms with Gasteiger partial charge in [-0.3, -0.25) is 4.79 Å². The van der Waals surface area contributed by atoms with Gasteiger partial charge >= 0.3 is 5.97 Å². The molecule has 1 aliphatic heterocycles. The van der Waals surface area contributed by atoms with Crippen LogP contribution in [-0.4, -0.2) is 19.4 Å². The zero-order valence-electron chi connectivity index (χ0n) is 14.0. The van der Waals surface area contributed by atoms with Crippen molar-refractivity contribution in [3.8, 4) is 17.6 Å². The largest absolute Gasteiger partial charge is 0.465 e. The molecule has 1 aliphatic rings. The van der Waals surface area contributed by atoms with E-state index in [-0.39, 0.29) is 19.3 Å². The number of esters is 1. The third-order valence-electron chi connectivity index (χ3n) is 4.21. The molecule has 1 heterocycles. The van der Waals surface area contributed by atoms with E-state index >= 15 is 0 Å². The first-order valence-electron chi connectivity index (χ1n) is 8.22. The van der Waals surface area contributed by atoms with Crippen LogP contribution in [0.3, 0.4) is 0 Å². The Morgan fingerprint density at radius 3 is 2.68 bits per heavy atom. The molecule has 0 bridgehead atoms. The van der Waals surface area contributed by atoms with Crippen molar-refractivity contribution in [1.82, 2.24) is 0 Å². The highest BCUT2D eigenvalue weighted by atomic mass is 16.7. The van der Waals surface area contributed by atoms with Crippen LogP contribution in [0.25, 0.3) is 0 Å². The molecule has 0 fully saturated rings. The summed E-state index contributed by atoms with van der Waals surface area (Å²) < 4.78 is 15.9. The molecule has 0 aromatic heterocycles. The molecule has 0 radical (unpaired) electrons. The Morgan fingerprint density at radius 1 is 1.20 bits per heavy atom. The lowest BCUT2D eigenvalue weighted by Gasteiger charge is -2.22. The van der Waals surface area contributed by atoms with Crippen LogP contribution in [-0.2, 0) is 16.0 Å². The van der Waals surface area contributed by atoms with E-state index in [0.29, 0.717) is 17.9 Å². The second-order valence-electron chi connectivity index (χ2n) is 5.77. The number of carbonyl (C=O) groups is 1. The summed E-state index contributed by atoms with van der Waals surface area (Å²) in [6, 6.07) is 17.5. The molecule has 0 saturated carbocycles. The molecular weight excluding hydrogens is 318 g/mol. The van der Waals surface area contributed by atoms with E-state index in [1.165, 1.54) is 0 Å². The van der Waals surface area contributed by atoms with Crippen molar-refractivity contribution < 1.29 is 19.0 Å². The van der Waals surface area contributed by atoms with E-state index in [1.807, 2.05) is 48.5 Å². The Balaban J connectivity index is 1.96. The van der Waals surface area contributed by atoms with Crippen LogP contribution < -0.4 is 9.47 Å². The monoisotopic (exact) mass is 337 g/mol. The summed E-state index contributed by atoms with van der Waals surface area (Å²) >= 11 is 0. The van der Waals surface area contributed by atoms with Crippen molar-refractivity contribution in [2.45, 2.75) is 19.3 Å². The number of nitriles is 1. The Morgan fingerprint density at radius 2 is 1.96 bits per heavy atom. The summed E-state index contributed by atoms with van der Waals surface area (Å²) in [6.45, 7) is 2.16. The molecule has 128 valence electrons. The van der Waals surface area contributed by atoms with Gasteiger partial charge in [0.1, 0.15) is 0 Å². The molecule has 2 aromatic carbocycles. The molecule has 0 aliphatic carbocycles. The van der Waals surface area contributed by atoms with Crippen molar-refractivity contribution in [2.24, 2.45) is 5.92 Å². The molecule has 25 heavy (non-hydrogen) atoms. The van der Waals surface area contributed by atoms with Gasteiger partial charge in [-0.2, -0.15) is 5.26 Å². The molecular formula is C20H19NO4. The molecule has 0 N–H and O–H groups in total. The number of rotatable bonds is 6. The Bertz CT molecular complexity index is 782. The van der Waals surface area contributed by atoms with Crippen LogP contribution in [0.5, 0.6) is 11.5 Å². The predicted octanol–water partition coefficient (Wildman–Crippen LogP) is 3.44. The van der Waals surface area contributed by atoms with Crippen molar-refractivity contribution in [2.75, 3.05) is 13.4 Å². The average molecular weight is 337 g/mol. The molecule has 0 saturated heterocycles. The lowest BCUT2D eigenvalue weighted by Crippen LogP contribution is -2.25. The summed E-state index contributed by atoms with van der Waals surface area (Å²) in [7, 11) is 0. The standard InChI is InChI=1S/C20H19NO4/c1-2-23-20(22)17(12-21)16(10-14-6-4-3-5-7-14)15-8-9-18-19(11-15)25-13-24-18/h3-9,11,16-17H,2,10,13H2,1H3/t16-,17-/m0/s1. The third kappa shape index (κ3) is 3.74. The maximum absolute atomic E-state index is 12.3. The lowest BCUT2D eigenvalue weighted by atomic mass is 9.82. The van der Waals surface area contributed by atoms with Gasteiger partial charge in [-0.1, -0.05) is 36.4 Å². The number of hydrogen-bond acceptors (Lipinski definition) is 5. The number of fused-ring (bicyclic) bond motifs is 1. The fourth-order valence-electron chi connectivity index (χ4n) is 2.98. The van der Waals surface area contributed by atoms with E-state index < -0.39 is 11.9 Å². The third-order valence-corrected chi connectivity index (χ3v) is 4.21. The molecule has 0 amide bonds. The van der Waals surface area contributed by atoms with Crippen LogP contribution in [0.4, 0.5) is 0 Å². The summed E-state index contributed by atoms with van der Waals surface area (Å²) in [6.07, 6.45) is 0.553. The highest BCUT2D eigenvalue weighted by Crippen LogP contribution is 2.38. The molecule has 2 atom stereocenters. The molecule has 0 spiro atoms. The van der Waals surface area contributed by atoms with Crippen molar-refractivity contribution >= 4 is 5.97 Å². The Kier molecular flexibility index (Phi) is 5.20. The minimum absolute atomic E-state index is 0.182. The highest BCUT2D eigenvalue weighted by molar-refractivity contribution is 5.76. The number of hydrogen-bond donors (Lipinski definition) is 0. The molecule has 3 rings (SSSR count). The SMILES string of the molecule is CCOC(=O)[C@@H](C#N)[C@@H](Cc1ccccc1)c1ccc2c(c1)OCO2. The summed E-state index contributed by atoms with van der Waals surface area (Å²) in [4.78, 5) is 12.3. The molecule has 0 unspecified atom stereocenters. The first-order valence-corrected chi connectivity index (χ1v) is 8.22. The summed E-state index contributed by atoms with van der Waals surface area (Å²) in [5.74, 6) is -0.409. The maximum atomic E-state index is 12.3. The second kappa shape index (κ2) is 7.71. The van der Waals surface area contributed by atoms with Gasteiger partial charge in [-0.15, -0.1) is 0 Å². The van der Waals surface area contributed by atoms with E-state index in [1.54, 1.807) is 6.92 Å². The fourth-order valence-corrected chi connectivity index (χ4v) is 2.98. The van der Waals surface area contributed by atoms with Gasteiger partial charge in [0.05, 0.1) is 12.7 Å².